The fraction of sp³-hybridized carbons (Fsp3) is 0.611. The summed E-state index contributed by atoms with van der Waals surface area (Å²) in [7, 11) is 1.51. The fourth-order valence-electron chi connectivity index (χ4n) is 2.69. The summed E-state index contributed by atoms with van der Waals surface area (Å²) in [6, 6.07) is 4.66. The van der Waals surface area contributed by atoms with Gasteiger partial charge in [0.05, 0.1) is 18.2 Å². The molecule has 5 nitrogen and oxygen atoms in total. The van der Waals surface area contributed by atoms with Crippen LogP contribution in [-0.4, -0.2) is 49.0 Å². The number of carbonyl (C=O) groups is 1. The minimum absolute atomic E-state index is 0.0814. The second-order valence-electron chi connectivity index (χ2n) is 7.17. The van der Waals surface area contributed by atoms with Crippen molar-refractivity contribution in [3.05, 3.63) is 29.8 Å². The number of benzene rings is 1. The SMILES string of the molecule is CO[C@H]1CCN(C(=O)OC(C)(C)C)C[C@@H]1Oc1cccc(C(F)(F)F)c1. The maximum atomic E-state index is 12.9. The minimum Gasteiger partial charge on any atom is -0.486 e. The Bertz CT molecular complexity index is 628. The number of likely N-dealkylation sites (tertiary alicyclic amines) is 1. The van der Waals surface area contributed by atoms with Crippen LogP contribution in [0.1, 0.15) is 32.8 Å². The topological polar surface area (TPSA) is 48.0 Å². The van der Waals surface area contributed by atoms with Gasteiger partial charge in [0, 0.05) is 13.7 Å². The number of rotatable bonds is 3. The second kappa shape index (κ2) is 7.73. The number of ether oxygens (including phenoxy) is 3. The van der Waals surface area contributed by atoms with Crippen molar-refractivity contribution in [2.75, 3.05) is 20.2 Å². The van der Waals surface area contributed by atoms with Crippen LogP contribution < -0.4 is 4.74 Å². The van der Waals surface area contributed by atoms with Gasteiger partial charge in [-0.3, -0.25) is 0 Å². The van der Waals surface area contributed by atoms with Crippen LogP contribution in [0.5, 0.6) is 5.75 Å². The second-order valence-corrected chi connectivity index (χ2v) is 7.17. The van der Waals surface area contributed by atoms with E-state index >= 15 is 0 Å². The van der Waals surface area contributed by atoms with Crippen molar-refractivity contribution in [1.82, 2.24) is 4.90 Å². The summed E-state index contributed by atoms with van der Waals surface area (Å²) in [6.07, 6.45) is -5.35. The van der Waals surface area contributed by atoms with Crippen LogP contribution in [0.2, 0.25) is 0 Å². The lowest BCUT2D eigenvalue weighted by Gasteiger charge is -2.38. The maximum absolute atomic E-state index is 12.9. The fourth-order valence-corrected chi connectivity index (χ4v) is 2.69. The van der Waals surface area contributed by atoms with Gasteiger partial charge in [-0.15, -0.1) is 0 Å². The third kappa shape index (κ3) is 5.52. The van der Waals surface area contributed by atoms with E-state index in [1.54, 1.807) is 20.8 Å². The normalized spacial score (nSPS) is 21.4. The van der Waals surface area contributed by atoms with E-state index in [1.165, 1.54) is 24.1 Å². The van der Waals surface area contributed by atoms with Gasteiger partial charge in [-0.1, -0.05) is 6.07 Å². The van der Waals surface area contributed by atoms with Crippen molar-refractivity contribution >= 4 is 6.09 Å². The maximum Gasteiger partial charge on any atom is 0.416 e. The summed E-state index contributed by atoms with van der Waals surface area (Å²) in [5, 5.41) is 0. The van der Waals surface area contributed by atoms with Crippen molar-refractivity contribution in [1.29, 1.82) is 0 Å². The molecule has 0 N–H and O–H groups in total. The number of hydrogen-bond acceptors (Lipinski definition) is 4. The van der Waals surface area contributed by atoms with Crippen molar-refractivity contribution in [2.45, 2.75) is 51.2 Å². The number of methoxy groups -OCH3 is 1. The Balaban J connectivity index is 2.11. The molecule has 8 heteroatoms. The molecule has 0 spiro atoms. The molecule has 1 fully saturated rings. The molecule has 0 aliphatic carbocycles. The van der Waals surface area contributed by atoms with Crippen LogP contribution in [0.25, 0.3) is 0 Å². The highest BCUT2D eigenvalue weighted by Gasteiger charge is 2.36. The molecule has 2 rings (SSSR count). The van der Waals surface area contributed by atoms with Crippen LogP contribution in [-0.2, 0) is 15.7 Å². The number of alkyl halides is 3. The molecule has 1 aliphatic heterocycles. The Morgan fingerprint density at radius 3 is 2.46 bits per heavy atom. The van der Waals surface area contributed by atoms with Crippen molar-refractivity contribution in [3.8, 4) is 5.75 Å². The highest BCUT2D eigenvalue weighted by Crippen LogP contribution is 2.32. The molecule has 1 aromatic carbocycles. The predicted molar refractivity (Wildman–Crippen MR) is 89.1 cm³/mol. The predicted octanol–water partition coefficient (Wildman–Crippen LogP) is 4.11. The van der Waals surface area contributed by atoms with E-state index in [2.05, 4.69) is 0 Å². The van der Waals surface area contributed by atoms with Gasteiger partial charge in [-0.05, 0) is 45.4 Å². The molecule has 1 aliphatic rings. The van der Waals surface area contributed by atoms with Crippen molar-refractivity contribution < 1.29 is 32.2 Å². The monoisotopic (exact) mass is 375 g/mol. The van der Waals surface area contributed by atoms with Gasteiger partial charge in [0.15, 0.2) is 0 Å². The molecular formula is C18H24F3NO4. The molecule has 146 valence electrons. The van der Waals surface area contributed by atoms with Crippen LogP contribution in [0, 0.1) is 0 Å². The molecule has 0 radical (unpaired) electrons. The summed E-state index contributed by atoms with van der Waals surface area (Å²) < 4.78 is 55.1. The van der Waals surface area contributed by atoms with Crippen LogP contribution in [0.15, 0.2) is 24.3 Å². The first-order valence-corrected chi connectivity index (χ1v) is 8.34. The van der Waals surface area contributed by atoms with Gasteiger partial charge in [0.25, 0.3) is 0 Å². The summed E-state index contributed by atoms with van der Waals surface area (Å²) in [6.45, 7) is 5.90. The van der Waals surface area contributed by atoms with Gasteiger partial charge in [0.1, 0.15) is 17.5 Å². The third-order valence-electron chi connectivity index (χ3n) is 3.90. The van der Waals surface area contributed by atoms with Gasteiger partial charge >= 0.3 is 12.3 Å². The standard InChI is InChI=1S/C18H24F3NO4/c1-17(2,3)26-16(23)22-9-8-14(24-4)15(11-22)25-13-7-5-6-12(10-13)18(19,20)21/h5-7,10,14-15H,8-9,11H2,1-4H3/t14-,15-/m0/s1. The Kier molecular flexibility index (Phi) is 6.05. The molecule has 1 aromatic rings. The van der Waals surface area contributed by atoms with E-state index in [4.69, 9.17) is 14.2 Å². The lowest BCUT2D eigenvalue weighted by molar-refractivity contribution is -0.137. The molecule has 1 amide bonds. The Hall–Kier alpha value is -1.96. The van der Waals surface area contributed by atoms with Gasteiger partial charge in [-0.2, -0.15) is 13.2 Å². The van der Waals surface area contributed by atoms with Crippen LogP contribution in [0.3, 0.4) is 0 Å². The van der Waals surface area contributed by atoms with Gasteiger partial charge in [0.2, 0.25) is 0 Å². The quantitative estimate of drug-likeness (QED) is 0.798. The summed E-state index contributed by atoms with van der Waals surface area (Å²) >= 11 is 0. The Morgan fingerprint density at radius 1 is 1.19 bits per heavy atom. The molecule has 1 saturated heterocycles. The van der Waals surface area contributed by atoms with E-state index < -0.39 is 29.5 Å². The largest absolute Gasteiger partial charge is 0.486 e. The Labute approximate surface area is 151 Å². The van der Waals surface area contributed by atoms with Gasteiger partial charge in [-0.25, -0.2) is 4.79 Å². The molecule has 0 saturated carbocycles. The Morgan fingerprint density at radius 2 is 1.88 bits per heavy atom. The first-order valence-electron chi connectivity index (χ1n) is 8.34. The van der Waals surface area contributed by atoms with Crippen LogP contribution >= 0.6 is 0 Å². The molecular weight excluding hydrogens is 351 g/mol. The van der Waals surface area contributed by atoms with E-state index in [-0.39, 0.29) is 18.4 Å². The van der Waals surface area contributed by atoms with Gasteiger partial charge < -0.3 is 19.1 Å². The third-order valence-corrected chi connectivity index (χ3v) is 3.90. The zero-order valence-corrected chi connectivity index (χ0v) is 15.3. The van der Waals surface area contributed by atoms with Crippen molar-refractivity contribution in [3.63, 3.8) is 0 Å². The minimum atomic E-state index is -4.45. The number of halogens is 3. The number of nitrogens with zero attached hydrogens (tertiary/aromatic N) is 1. The lowest BCUT2D eigenvalue weighted by atomic mass is 10.0. The van der Waals surface area contributed by atoms with E-state index in [9.17, 15) is 18.0 Å². The highest BCUT2D eigenvalue weighted by molar-refractivity contribution is 5.68. The van der Waals surface area contributed by atoms with E-state index in [0.29, 0.717) is 13.0 Å². The summed E-state index contributed by atoms with van der Waals surface area (Å²) in [5.74, 6) is 0.0814. The molecule has 0 aromatic heterocycles. The highest BCUT2D eigenvalue weighted by atomic mass is 19.4. The lowest BCUT2D eigenvalue weighted by Crippen LogP contribution is -2.53. The number of carbonyl (C=O) groups excluding carboxylic acids is 1. The smallest absolute Gasteiger partial charge is 0.416 e. The van der Waals surface area contributed by atoms with E-state index in [1.807, 2.05) is 0 Å². The summed E-state index contributed by atoms with van der Waals surface area (Å²) in [5.41, 5.74) is -1.42. The summed E-state index contributed by atoms with van der Waals surface area (Å²) in [4.78, 5) is 13.7. The zero-order valence-electron chi connectivity index (χ0n) is 15.3. The number of amides is 1. The molecule has 2 atom stereocenters. The average molecular weight is 375 g/mol. The zero-order chi connectivity index (χ0) is 19.5. The first-order chi connectivity index (χ1) is 12.0. The molecule has 0 unspecified atom stereocenters. The molecule has 26 heavy (non-hydrogen) atoms. The molecule has 0 bridgehead atoms. The number of hydrogen-bond donors (Lipinski definition) is 0. The van der Waals surface area contributed by atoms with E-state index in [0.717, 1.165) is 12.1 Å². The molecule has 1 heterocycles. The van der Waals surface area contributed by atoms with Crippen molar-refractivity contribution in [2.24, 2.45) is 0 Å². The first kappa shape index (κ1) is 20.4. The average Bonchev–Trinajstić information content (AvgIpc) is 2.52. The number of piperidine rings is 1. The van der Waals surface area contributed by atoms with Crippen LogP contribution in [0.4, 0.5) is 18.0 Å².